The molecule has 0 bridgehead atoms. The Bertz CT molecular complexity index is 880. The van der Waals surface area contributed by atoms with Crippen LogP contribution >= 0.6 is 7.75 Å². The van der Waals surface area contributed by atoms with E-state index < -0.39 is 31.8 Å². The van der Waals surface area contributed by atoms with Gasteiger partial charge in [-0.3, -0.25) is 18.6 Å². The van der Waals surface area contributed by atoms with E-state index in [1.807, 2.05) is 0 Å². The summed E-state index contributed by atoms with van der Waals surface area (Å²) in [6.07, 6.45) is -0.933. The molecule has 0 saturated carbocycles. The maximum atomic E-state index is 13.9. The molecule has 8 heteroatoms. The van der Waals surface area contributed by atoms with Crippen LogP contribution in [0.2, 0.25) is 0 Å². The van der Waals surface area contributed by atoms with E-state index in [-0.39, 0.29) is 11.1 Å². The fourth-order valence-corrected chi connectivity index (χ4v) is 5.02. The summed E-state index contributed by atoms with van der Waals surface area (Å²) in [5.41, 5.74) is 0.838. The second-order valence-corrected chi connectivity index (χ2v) is 8.61. The lowest BCUT2D eigenvalue weighted by atomic mass is 10.1. The molecule has 0 fully saturated rings. The lowest BCUT2D eigenvalue weighted by molar-refractivity contribution is 0.0618. The minimum Gasteiger partial charge on any atom is -0.288 e. The standard InChI is InChI=1S/C20H23N2O5P/c1-14(2)26-28(25,27-15(3)4)22(16-10-6-5-7-11-16)21-19(23)17-12-8-9-13-18(17)20(21)24/h5-15H,1-4H3. The Kier molecular flexibility index (Phi) is 5.70. The summed E-state index contributed by atoms with van der Waals surface area (Å²) in [6, 6.07) is 15.0. The van der Waals surface area contributed by atoms with Gasteiger partial charge >= 0.3 is 7.75 Å². The Morgan fingerprint density at radius 2 is 1.21 bits per heavy atom. The van der Waals surface area contributed by atoms with Gasteiger partial charge < -0.3 is 0 Å². The Morgan fingerprint density at radius 3 is 1.64 bits per heavy atom. The van der Waals surface area contributed by atoms with Gasteiger partial charge in [-0.2, -0.15) is 9.79 Å². The van der Waals surface area contributed by atoms with Crippen molar-refractivity contribution in [2.75, 3.05) is 4.78 Å². The maximum absolute atomic E-state index is 13.9. The van der Waals surface area contributed by atoms with E-state index in [0.717, 1.165) is 9.79 Å². The van der Waals surface area contributed by atoms with E-state index in [9.17, 15) is 14.2 Å². The highest BCUT2D eigenvalue weighted by atomic mass is 31.2. The second kappa shape index (κ2) is 7.87. The van der Waals surface area contributed by atoms with Gasteiger partial charge in [-0.25, -0.2) is 4.57 Å². The molecule has 28 heavy (non-hydrogen) atoms. The number of hydrogen-bond acceptors (Lipinski definition) is 5. The van der Waals surface area contributed by atoms with E-state index in [1.165, 1.54) is 0 Å². The van der Waals surface area contributed by atoms with Gasteiger partial charge in [0.2, 0.25) is 0 Å². The van der Waals surface area contributed by atoms with Gasteiger partial charge in [-0.15, -0.1) is 0 Å². The summed E-state index contributed by atoms with van der Waals surface area (Å²) in [6.45, 7) is 6.84. The highest BCUT2D eigenvalue weighted by Gasteiger charge is 2.49. The largest absolute Gasteiger partial charge is 0.454 e. The molecule has 1 aliphatic heterocycles. The van der Waals surface area contributed by atoms with Crippen molar-refractivity contribution in [3.63, 3.8) is 0 Å². The topological polar surface area (TPSA) is 76.2 Å². The van der Waals surface area contributed by atoms with Crippen LogP contribution in [0.15, 0.2) is 54.6 Å². The predicted molar refractivity (Wildman–Crippen MR) is 106 cm³/mol. The highest BCUT2D eigenvalue weighted by Crippen LogP contribution is 2.57. The molecule has 0 unspecified atom stereocenters. The SMILES string of the molecule is CC(C)OP(=O)(OC(C)C)N(c1ccccc1)N1C(=O)c2ccccc2C1=O. The molecule has 148 valence electrons. The van der Waals surface area contributed by atoms with Crippen LogP contribution in [0.5, 0.6) is 0 Å². The van der Waals surface area contributed by atoms with Crippen molar-refractivity contribution in [3.05, 3.63) is 65.7 Å². The van der Waals surface area contributed by atoms with Gasteiger partial charge in [0.05, 0.1) is 29.0 Å². The minimum atomic E-state index is -4.10. The van der Waals surface area contributed by atoms with E-state index >= 15 is 0 Å². The third-order valence-corrected chi connectivity index (χ3v) is 6.12. The van der Waals surface area contributed by atoms with Crippen molar-refractivity contribution in [1.29, 1.82) is 0 Å². The first-order valence-electron chi connectivity index (χ1n) is 9.05. The minimum absolute atomic E-state index is 0.245. The van der Waals surface area contributed by atoms with Crippen LogP contribution in [0.3, 0.4) is 0 Å². The number of carbonyl (C=O) groups excluding carboxylic acids is 2. The van der Waals surface area contributed by atoms with Gasteiger partial charge in [0.25, 0.3) is 11.8 Å². The molecular formula is C20H23N2O5P. The first kappa shape index (κ1) is 20.3. The number of nitrogens with zero attached hydrogens (tertiary/aromatic N) is 2. The Hall–Kier alpha value is -2.47. The number of rotatable bonds is 7. The second-order valence-electron chi connectivity index (χ2n) is 6.87. The van der Waals surface area contributed by atoms with Gasteiger partial charge in [-0.05, 0) is 52.0 Å². The summed E-state index contributed by atoms with van der Waals surface area (Å²) in [5.74, 6) is -1.16. The number of hydrogen-bond donors (Lipinski definition) is 0. The molecule has 0 radical (unpaired) electrons. The molecule has 7 nitrogen and oxygen atoms in total. The van der Waals surface area contributed by atoms with Crippen LogP contribution < -0.4 is 4.78 Å². The number of amides is 2. The average molecular weight is 402 g/mol. The quantitative estimate of drug-likeness (QED) is 0.495. The average Bonchev–Trinajstić information content (AvgIpc) is 2.87. The molecule has 2 aromatic carbocycles. The van der Waals surface area contributed by atoms with E-state index in [1.54, 1.807) is 82.3 Å². The van der Waals surface area contributed by atoms with Crippen molar-refractivity contribution >= 4 is 25.2 Å². The summed E-state index contributed by atoms with van der Waals surface area (Å²) >= 11 is 0. The first-order valence-corrected chi connectivity index (χ1v) is 10.5. The van der Waals surface area contributed by atoms with Crippen LogP contribution in [-0.4, -0.2) is 29.0 Å². The van der Waals surface area contributed by atoms with Crippen LogP contribution in [0.25, 0.3) is 0 Å². The molecule has 0 N–H and O–H groups in total. The summed E-state index contributed by atoms with van der Waals surface area (Å²) in [7, 11) is -4.10. The molecule has 2 aromatic rings. The predicted octanol–water partition coefficient (Wildman–Crippen LogP) is 4.66. The number of anilines is 1. The number of hydrazine groups is 1. The summed E-state index contributed by atoms with van der Waals surface area (Å²) in [4.78, 5) is 26.1. The molecule has 0 spiro atoms. The van der Waals surface area contributed by atoms with Gasteiger partial charge in [0.15, 0.2) is 0 Å². The number of para-hydroxylation sites is 1. The van der Waals surface area contributed by atoms with Crippen molar-refractivity contribution in [3.8, 4) is 0 Å². The lowest BCUT2D eigenvalue weighted by Gasteiger charge is -2.37. The van der Waals surface area contributed by atoms with E-state index in [0.29, 0.717) is 5.69 Å². The van der Waals surface area contributed by atoms with Crippen molar-refractivity contribution < 1.29 is 23.2 Å². The van der Waals surface area contributed by atoms with E-state index in [4.69, 9.17) is 9.05 Å². The highest BCUT2D eigenvalue weighted by molar-refractivity contribution is 7.55. The Labute approximate surface area is 164 Å². The number of benzene rings is 2. The van der Waals surface area contributed by atoms with E-state index in [2.05, 4.69) is 0 Å². The fourth-order valence-electron chi connectivity index (χ4n) is 2.92. The third-order valence-electron chi connectivity index (χ3n) is 3.87. The van der Waals surface area contributed by atoms with Crippen LogP contribution in [0.4, 0.5) is 5.69 Å². The number of fused-ring (bicyclic) bond motifs is 1. The van der Waals surface area contributed by atoms with Crippen molar-refractivity contribution in [1.82, 2.24) is 5.01 Å². The number of imide groups is 1. The summed E-state index contributed by atoms with van der Waals surface area (Å²) in [5, 5.41) is 0.853. The van der Waals surface area contributed by atoms with Crippen LogP contribution in [-0.2, 0) is 13.6 Å². The fraction of sp³-hybridized carbons (Fsp3) is 0.300. The molecule has 0 saturated heterocycles. The zero-order valence-electron chi connectivity index (χ0n) is 16.2. The molecular weight excluding hydrogens is 379 g/mol. The van der Waals surface area contributed by atoms with Gasteiger partial charge in [0, 0.05) is 0 Å². The zero-order valence-corrected chi connectivity index (χ0v) is 17.1. The maximum Gasteiger partial charge on any atom is 0.454 e. The summed E-state index contributed by atoms with van der Waals surface area (Å²) < 4.78 is 26.3. The normalized spacial score (nSPS) is 14.1. The molecule has 0 aromatic heterocycles. The van der Waals surface area contributed by atoms with Crippen LogP contribution in [0.1, 0.15) is 48.4 Å². The van der Waals surface area contributed by atoms with Gasteiger partial charge in [0.1, 0.15) is 0 Å². The monoisotopic (exact) mass is 402 g/mol. The Balaban J connectivity index is 2.17. The molecule has 1 aliphatic rings. The lowest BCUT2D eigenvalue weighted by Crippen LogP contribution is -2.46. The van der Waals surface area contributed by atoms with Crippen molar-refractivity contribution in [2.45, 2.75) is 39.9 Å². The van der Waals surface area contributed by atoms with Gasteiger partial charge in [-0.1, -0.05) is 30.3 Å². The third kappa shape index (κ3) is 3.74. The molecule has 1 heterocycles. The number of carbonyl (C=O) groups is 2. The molecule has 0 atom stereocenters. The smallest absolute Gasteiger partial charge is 0.288 e. The first-order chi connectivity index (χ1) is 13.2. The van der Waals surface area contributed by atoms with Crippen LogP contribution in [0, 0.1) is 0 Å². The molecule has 0 aliphatic carbocycles. The molecule has 3 rings (SSSR count). The molecule has 2 amide bonds. The van der Waals surface area contributed by atoms with Crippen molar-refractivity contribution in [2.24, 2.45) is 0 Å². The zero-order chi connectivity index (χ0) is 20.5. The Morgan fingerprint density at radius 1 is 0.786 bits per heavy atom.